The molecule has 1 amide bonds. The first-order chi connectivity index (χ1) is 13.1. The van der Waals surface area contributed by atoms with Crippen molar-refractivity contribution in [3.63, 3.8) is 0 Å². The van der Waals surface area contributed by atoms with Crippen LogP contribution >= 0.6 is 0 Å². The van der Waals surface area contributed by atoms with Crippen LogP contribution in [0.3, 0.4) is 0 Å². The highest BCUT2D eigenvalue weighted by Gasteiger charge is 2.34. The maximum Gasteiger partial charge on any atom is 0.254 e. The smallest absolute Gasteiger partial charge is 0.254 e. The van der Waals surface area contributed by atoms with Crippen LogP contribution in [0.2, 0.25) is 0 Å². The van der Waals surface area contributed by atoms with Crippen molar-refractivity contribution in [1.82, 2.24) is 20.0 Å². The van der Waals surface area contributed by atoms with Gasteiger partial charge in [-0.3, -0.25) is 9.78 Å². The van der Waals surface area contributed by atoms with Crippen molar-refractivity contribution in [2.45, 2.75) is 18.9 Å². The lowest BCUT2D eigenvalue weighted by Crippen LogP contribution is -2.30. The van der Waals surface area contributed by atoms with E-state index < -0.39 is 0 Å². The summed E-state index contributed by atoms with van der Waals surface area (Å²) in [6.07, 6.45) is 3.41. The zero-order valence-corrected chi connectivity index (χ0v) is 15.4. The van der Waals surface area contributed by atoms with E-state index >= 15 is 0 Å². The predicted octanol–water partition coefficient (Wildman–Crippen LogP) is 3.17. The van der Waals surface area contributed by atoms with Gasteiger partial charge in [0.25, 0.3) is 5.91 Å². The fourth-order valence-electron chi connectivity index (χ4n) is 3.32. The number of nitrogens with zero attached hydrogens (tertiary/aromatic N) is 5. The van der Waals surface area contributed by atoms with Gasteiger partial charge in [-0.1, -0.05) is 17.3 Å². The zero-order chi connectivity index (χ0) is 18.8. The third-order valence-electron chi connectivity index (χ3n) is 4.74. The van der Waals surface area contributed by atoms with Crippen molar-refractivity contribution < 1.29 is 9.32 Å². The molecule has 7 nitrogen and oxygen atoms in total. The minimum Gasteiger partial charge on any atom is -0.378 e. The van der Waals surface area contributed by atoms with Gasteiger partial charge in [0.05, 0.1) is 0 Å². The average molecular weight is 363 g/mol. The third kappa shape index (κ3) is 3.40. The van der Waals surface area contributed by atoms with Gasteiger partial charge in [0.1, 0.15) is 11.7 Å². The van der Waals surface area contributed by atoms with Gasteiger partial charge in [-0.05, 0) is 43.2 Å². The van der Waals surface area contributed by atoms with E-state index in [0.29, 0.717) is 29.5 Å². The van der Waals surface area contributed by atoms with Crippen LogP contribution in [0.1, 0.15) is 35.1 Å². The van der Waals surface area contributed by atoms with Crippen LogP contribution in [0.4, 0.5) is 5.69 Å². The van der Waals surface area contributed by atoms with Gasteiger partial charge < -0.3 is 14.3 Å². The number of carbonyl (C=O) groups excluding carboxylic acids is 1. The molecule has 0 saturated carbocycles. The van der Waals surface area contributed by atoms with E-state index in [9.17, 15) is 4.79 Å². The maximum absolute atomic E-state index is 13.1. The van der Waals surface area contributed by atoms with Gasteiger partial charge in [0.2, 0.25) is 11.7 Å². The lowest BCUT2D eigenvalue weighted by molar-refractivity contribution is 0.0710. The number of hydrogen-bond donors (Lipinski definition) is 0. The Morgan fingerprint density at radius 1 is 1.22 bits per heavy atom. The van der Waals surface area contributed by atoms with E-state index in [0.717, 1.165) is 18.5 Å². The summed E-state index contributed by atoms with van der Waals surface area (Å²) in [5, 5.41) is 4.04. The highest BCUT2D eigenvalue weighted by atomic mass is 16.5. The van der Waals surface area contributed by atoms with Crippen LogP contribution in [-0.4, -0.2) is 46.6 Å². The number of pyridine rings is 1. The summed E-state index contributed by atoms with van der Waals surface area (Å²) in [5.41, 5.74) is 2.31. The first-order valence-electron chi connectivity index (χ1n) is 8.97. The monoisotopic (exact) mass is 363 g/mol. The van der Waals surface area contributed by atoms with Crippen LogP contribution in [0.25, 0.3) is 11.5 Å². The zero-order valence-electron chi connectivity index (χ0n) is 15.4. The number of amides is 1. The van der Waals surface area contributed by atoms with Crippen LogP contribution in [0.15, 0.2) is 53.2 Å². The van der Waals surface area contributed by atoms with Crippen molar-refractivity contribution in [2.75, 3.05) is 25.5 Å². The molecule has 1 aliphatic rings. The van der Waals surface area contributed by atoms with Gasteiger partial charge in [0, 0.05) is 38.1 Å². The first kappa shape index (κ1) is 17.2. The Labute approximate surface area is 157 Å². The second kappa shape index (κ2) is 7.19. The Hall–Kier alpha value is -3.22. The van der Waals surface area contributed by atoms with Gasteiger partial charge >= 0.3 is 0 Å². The van der Waals surface area contributed by atoms with E-state index in [2.05, 4.69) is 15.1 Å². The molecule has 1 saturated heterocycles. The number of hydrogen-bond acceptors (Lipinski definition) is 6. The van der Waals surface area contributed by atoms with Crippen LogP contribution < -0.4 is 4.90 Å². The normalized spacial score (nSPS) is 16.5. The summed E-state index contributed by atoms with van der Waals surface area (Å²) in [5.74, 6) is 0.892. The molecular weight excluding hydrogens is 342 g/mol. The highest BCUT2D eigenvalue weighted by Crippen LogP contribution is 2.33. The molecule has 0 bridgehead atoms. The molecule has 1 aliphatic heterocycles. The fraction of sp³-hybridized carbons (Fsp3) is 0.300. The second-order valence-electron chi connectivity index (χ2n) is 6.77. The maximum atomic E-state index is 13.1. The van der Waals surface area contributed by atoms with Crippen molar-refractivity contribution in [3.05, 3.63) is 60.1 Å². The topological polar surface area (TPSA) is 75.4 Å². The van der Waals surface area contributed by atoms with Crippen LogP contribution in [0, 0.1) is 0 Å². The lowest BCUT2D eigenvalue weighted by Gasteiger charge is -2.22. The molecule has 2 aromatic heterocycles. The summed E-state index contributed by atoms with van der Waals surface area (Å²) >= 11 is 0. The highest BCUT2D eigenvalue weighted by molar-refractivity contribution is 5.95. The van der Waals surface area contributed by atoms with Crippen molar-refractivity contribution in [2.24, 2.45) is 0 Å². The Bertz CT molecular complexity index is 938. The average Bonchev–Trinajstić information content (AvgIpc) is 3.37. The molecule has 27 heavy (non-hydrogen) atoms. The van der Waals surface area contributed by atoms with Crippen molar-refractivity contribution >= 4 is 11.6 Å². The molecule has 3 aromatic rings. The number of likely N-dealkylation sites (tertiary alicyclic amines) is 1. The van der Waals surface area contributed by atoms with Crippen LogP contribution in [-0.2, 0) is 0 Å². The van der Waals surface area contributed by atoms with E-state index in [1.165, 1.54) is 0 Å². The summed E-state index contributed by atoms with van der Waals surface area (Å²) in [6.45, 7) is 0.678. The fourth-order valence-corrected chi connectivity index (χ4v) is 3.32. The number of anilines is 1. The molecule has 7 heteroatoms. The molecule has 1 aromatic carbocycles. The molecule has 0 radical (unpaired) electrons. The Kier molecular flexibility index (Phi) is 4.58. The quantitative estimate of drug-likeness (QED) is 0.709. The Morgan fingerprint density at radius 2 is 2.11 bits per heavy atom. The largest absolute Gasteiger partial charge is 0.378 e. The second-order valence-corrected chi connectivity index (χ2v) is 6.77. The molecule has 0 aliphatic carbocycles. The summed E-state index contributed by atoms with van der Waals surface area (Å²) in [7, 11) is 3.92. The van der Waals surface area contributed by atoms with E-state index in [1.54, 1.807) is 6.20 Å². The lowest BCUT2D eigenvalue weighted by atomic mass is 10.1. The molecule has 3 heterocycles. The summed E-state index contributed by atoms with van der Waals surface area (Å²) < 4.78 is 5.48. The molecule has 138 valence electrons. The number of aromatic nitrogens is 3. The molecule has 0 spiro atoms. The molecule has 1 fully saturated rings. The van der Waals surface area contributed by atoms with E-state index in [-0.39, 0.29) is 11.9 Å². The minimum absolute atomic E-state index is 0.0150. The van der Waals surface area contributed by atoms with E-state index in [1.807, 2.05) is 66.4 Å². The number of rotatable bonds is 4. The van der Waals surface area contributed by atoms with Gasteiger partial charge in [-0.25, -0.2) is 0 Å². The molecule has 0 N–H and O–H groups in total. The number of benzene rings is 1. The predicted molar refractivity (Wildman–Crippen MR) is 101 cm³/mol. The molecule has 0 unspecified atom stereocenters. The van der Waals surface area contributed by atoms with Crippen molar-refractivity contribution in [3.8, 4) is 11.5 Å². The van der Waals surface area contributed by atoms with Crippen LogP contribution in [0.5, 0.6) is 0 Å². The SMILES string of the molecule is CN(C)c1cccc(C(=O)N2CCC[C@@H]2c2nc(-c3ccccn3)no2)c1. The molecule has 1 atom stereocenters. The minimum atomic E-state index is -0.203. The number of carbonyl (C=O) groups is 1. The van der Waals surface area contributed by atoms with Gasteiger partial charge in [-0.2, -0.15) is 4.98 Å². The third-order valence-corrected chi connectivity index (χ3v) is 4.74. The standard InChI is InChI=1S/C20H21N5O2/c1-24(2)15-8-5-7-14(13-15)20(26)25-12-6-10-17(25)19-22-18(23-27-19)16-9-3-4-11-21-16/h3-5,7-9,11,13,17H,6,10,12H2,1-2H3/t17-/m1/s1. The summed E-state index contributed by atoms with van der Waals surface area (Å²) in [6, 6.07) is 13.0. The van der Waals surface area contributed by atoms with Gasteiger partial charge in [0.15, 0.2) is 0 Å². The van der Waals surface area contributed by atoms with Crippen molar-refractivity contribution in [1.29, 1.82) is 0 Å². The van der Waals surface area contributed by atoms with Gasteiger partial charge in [-0.15, -0.1) is 0 Å². The molecular formula is C20H21N5O2. The Balaban J connectivity index is 1.58. The molecule has 4 rings (SSSR count). The van der Waals surface area contributed by atoms with E-state index in [4.69, 9.17) is 4.52 Å². The Morgan fingerprint density at radius 3 is 2.89 bits per heavy atom. The summed E-state index contributed by atoms with van der Waals surface area (Å²) in [4.78, 5) is 25.6. The first-order valence-corrected chi connectivity index (χ1v) is 8.97.